The van der Waals surface area contributed by atoms with Gasteiger partial charge in [0.2, 0.25) is 0 Å². The van der Waals surface area contributed by atoms with Crippen LogP contribution in [0, 0.1) is 11.6 Å². The first-order valence-corrected chi connectivity index (χ1v) is 3.10. The van der Waals surface area contributed by atoms with E-state index >= 15 is 0 Å². The van der Waals surface area contributed by atoms with Crippen molar-refractivity contribution < 1.29 is 17.6 Å². The first kappa shape index (κ1) is 8.83. The third kappa shape index (κ3) is 1.87. The van der Waals surface area contributed by atoms with E-state index in [9.17, 15) is 17.6 Å². The second kappa shape index (κ2) is 3.42. The number of rotatable bonds is 2. The molecule has 0 saturated carbocycles. The zero-order chi connectivity index (χ0) is 9.14. The maximum absolute atomic E-state index is 12.6. The lowest BCUT2D eigenvalue weighted by atomic mass is 10.3. The number of alkyl halides is 2. The van der Waals surface area contributed by atoms with Gasteiger partial charge in [0.1, 0.15) is 0 Å². The fourth-order valence-corrected chi connectivity index (χ4v) is 0.733. The summed E-state index contributed by atoms with van der Waals surface area (Å²) >= 11 is 0. The highest BCUT2D eigenvalue weighted by molar-refractivity contribution is 5.44. The van der Waals surface area contributed by atoms with Crippen LogP contribution in [0.2, 0.25) is 0 Å². The van der Waals surface area contributed by atoms with E-state index in [0.29, 0.717) is 0 Å². The van der Waals surface area contributed by atoms with Crippen molar-refractivity contribution in [2.45, 2.75) is 6.55 Å². The number of anilines is 1. The Labute approximate surface area is 66.0 Å². The molecule has 66 valence electrons. The number of benzene rings is 1. The van der Waals surface area contributed by atoms with Crippen molar-refractivity contribution in [2.75, 3.05) is 5.32 Å². The minimum Gasteiger partial charge on any atom is -0.327 e. The Balaban J connectivity index is 2.92. The second-order valence-corrected chi connectivity index (χ2v) is 2.05. The molecular weight excluding hydrogens is 174 g/mol. The molecule has 0 aliphatic carbocycles. The average Bonchev–Trinajstić information content (AvgIpc) is 1.98. The van der Waals surface area contributed by atoms with Gasteiger partial charge in [-0.1, -0.05) is 6.07 Å². The number of hydrogen-bond donors (Lipinski definition) is 1. The van der Waals surface area contributed by atoms with Gasteiger partial charge < -0.3 is 5.32 Å². The van der Waals surface area contributed by atoms with Crippen molar-refractivity contribution >= 4 is 5.69 Å². The van der Waals surface area contributed by atoms with Crippen LogP contribution in [0.1, 0.15) is 0 Å². The molecule has 0 atom stereocenters. The highest BCUT2D eigenvalue weighted by atomic mass is 19.3. The number of hydrogen-bond acceptors (Lipinski definition) is 1. The molecule has 0 bridgehead atoms. The van der Waals surface area contributed by atoms with E-state index < -0.39 is 23.9 Å². The van der Waals surface area contributed by atoms with Crippen LogP contribution in [-0.4, -0.2) is 6.55 Å². The molecule has 5 heteroatoms. The molecule has 12 heavy (non-hydrogen) atoms. The smallest absolute Gasteiger partial charge is 0.313 e. The van der Waals surface area contributed by atoms with Gasteiger partial charge in [-0.25, -0.2) is 8.78 Å². The van der Waals surface area contributed by atoms with Crippen LogP contribution >= 0.6 is 0 Å². The molecule has 0 spiro atoms. The second-order valence-electron chi connectivity index (χ2n) is 2.05. The summed E-state index contributed by atoms with van der Waals surface area (Å²) in [6.07, 6.45) is 0. The maximum atomic E-state index is 12.6. The third-order valence-corrected chi connectivity index (χ3v) is 1.22. The van der Waals surface area contributed by atoms with Gasteiger partial charge >= 0.3 is 6.55 Å². The topological polar surface area (TPSA) is 12.0 Å². The molecule has 0 radical (unpaired) electrons. The molecule has 0 aliphatic rings. The summed E-state index contributed by atoms with van der Waals surface area (Å²) in [5, 5.41) is 1.47. The van der Waals surface area contributed by atoms with Gasteiger partial charge in [0.05, 0.1) is 5.69 Å². The van der Waals surface area contributed by atoms with Gasteiger partial charge in [-0.05, 0) is 12.1 Å². The summed E-state index contributed by atoms with van der Waals surface area (Å²) < 4.78 is 48.2. The lowest BCUT2D eigenvalue weighted by molar-refractivity contribution is 0.180. The van der Waals surface area contributed by atoms with E-state index in [1.165, 1.54) is 5.32 Å². The molecule has 0 aromatic heterocycles. The van der Waals surface area contributed by atoms with E-state index in [4.69, 9.17) is 0 Å². The third-order valence-electron chi connectivity index (χ3n) is 1.22. The molecular formula is C7H5F4N. The minimum absolute atomic E-state index is 0.537. The molecule has 1 rings (SSSR count). The van der Waals surface area contributed by atoms with Crippen molar-refractivity contribution in [1.82, 2.24) is 0 Å². The summed E-state index contributed by atoms with van der Waals surface area (Å²) in [4.78, 5) is 0. The standard InChI is InChI=1S/C7H5F4N/c8-4-2-1-3-5(6(4)9)12-7(10)11/h1-3,7,12H. The molecule has 0 amide bonds. The van der Waals surface area contributed by atoms with Gasteiger partial charge in [-0.15, -0.1) is 0 Å². The molecule has 1 N–H and O–H groups in total. The molecule has 1 aromatic carbocycles. The van der Waals surface area contributed by atoms with Crippen molar-refractivity contribution in [1.29, 1.82) is 0 Å². The Hall–Kier alpha value is -1.26. The Morgan fingerprint density at radius 3 is 2.42 bits per heavy atom. The van der Waals surface area contributed by atoms with Crippen molar-refractivity contribution in [2.24, 2.45) is 0 Å². The van der Waals surface area contributed by atoms with Crippen LogP contribution in [0.25, 0.3) is 0 Å². The number of halogens is 4. The summed E-state index contributed by atoms with van der Waals surface area (Å²) in [6, 6.07) is 3.03. The van der Waals surface area contributed by atoms with Crippen LogP contribution in [-0.2, 0) is 0 Å². The highest BCUT2D eigenvalue weighted by Crippen LogP contribution is 2.17. The monoisotopic (exact) mass is 179 g/mol. The maximum Gasteiger partial charge on any atom is 0.313 e. The number of nitrogens with one attached hydrogen (secondary N) is 1. The van der Waals surface area contributed by atoms with Gasteiger partial charge in [0, 0.05) is 0 Å². The van der Waals surface area contributed by atoms with Crippen molar-refractivity contribution in [3.8, 4) is 0 Å². The summed E-state index contributed by atoms with van der Waals surface area (Å²) in [5.41, 5.74) is -0.537. The van der Waals surface area contributed by atoms with Crippen molar-refractivity contribution in [3.63, 3.8) is 0 Å². The van der Waals surface area contributed by atoms with Gasteiger partial charge in [0.15, 0.2) is 11.6 Å². The van der Waals surface area contributed by atoms with Gasteiger partial charge in [-0.3, -0.25) is 0 Å². The molecule has 1 nitrogen and oxygen atoms in total. The highest BCUT2D eigenvalue weighted by Gasteiger charge is 2.10. The predicted octanol–water partition coefficient (Wildman–Crippen LogP) is 2.60. The Bertz CT molecular complexity index is 274. The molecule has 0 aliphatic heterocycles. The SMILES string of the molecule is Fc1cccc(NC(F)F)c1F. The van der Waals surface area contributed by atoms with Crippen LogP contribution in [0.15, 0.2) is 18.2 Å². The van der Waals surface area contributed by atoms with E-state index in [0.717, 1.165) is 18.2 Å². The van der Waals surface area contributed by atoms with Crippen LogP contribution in [0.5, 0.6) is 0 Å². The molecule has 0 saturated heterocycles. The molecule has 0 heterocycles. The molecule has 0 unspecified atom stereocenters. The van der Waals surface area contributed by atoms with E-state index in [1.54, 1.807) is 0 Å². The largest absolute Gasteiger partial charge is 0.327 e. The fourth-order valence-electron chi connectivity index (χ4n) is 0.733. The van der Waals surface area contributed by atoms with E-state index in [2.05, 4.69) is 0 Å². The fraction of sp³-hybridized carbons (Fsp3) is 0.143. The zero-order valence-electron chi connectivity index (χ0n) is 5.82. The van der Waals surface area contributed by atoms with Gasteiger partial charge in [-0.2, -0.15) is 8.78 Å². The predicted molar refractivity (Wildman–Crippen MR) is 36.0 cm³/mol. The minimum atomic E-state index is -2.90. The Kier molecular flexibility index (Phi) is 2.52. The van der Waals surface area contributed by atoms with Crippen molar-refractivity contribution in [3.05, 3.63) is 29.8 Å². The lowest BCUT2D eigenvalue weighted by Crippen LogP contribution is -2.08. The Morgan fingerprint density at radius 1 is 1.17 bits per heavy atom. The van der Waals surface area contributed by atoms with Crippen LogP contribution in [0.3, 0.4) is 0 Å². The lowest BCUT2D eigenvalue weighted by Gasteiger charge is -2.05. The zero-order valence-corrected chi connectivity index (χ0v) is 5.82. The molecule has 0 fully saturated rings. The van der Waals surface area contributed by atoms with E-state index in [1.807, 2.05) is 0 Å². The van der Waals surface area contributed by atoms with Gasteiger partial charge in [0.25, 0.3) is 0 Å². The summed E-state index contributed by atoms with van der Waals surface area (Å²) in [6.45, 7) is -2.90. The average molecular weight is 179 g/mol. The van der Waals surface area contributed by atoms with Crippen LogP contribution < -0.4 is 5.32 Å². The first-order valence-electron chi connectivity index (χ1n) is 3.10. The summed E-state index contributed by atoms with van der Waals surface area (Å²) in [5.74, 6) is -2.45. The van der Waals surface area contributed by atoms with Crippen LogP contribution in [0.4, 0.5) is 23.2 Å². The first-order chi connectivity index (χ1) is 5.61. The van der Waals surface area contributed by atoms with E-state index in [-0.39, 0.29) is 0 Å². The molecule has 1 aromatic rings. The summed E-state index contributed by atoms with van der Waals surface area (Å²) in [7, 11) is 0. The quantitative estimate of drug-likeness (QED) is 0.543. The Morgan fingerprint density at radius 2 is 1.83 bits per heavy atom. The normalized spacial score (nSPS) is 10.4.